The second kappa shape index (κ2) is 10.2. The van der Waals surface area contributed by atoms with E-state index < -0.39 is 26.7 Å². The Labute approximate surface area is 158 Å². The molecule has 2 rings (SSSR count). The zero-order chi connectivity index (χ0) is 19.6. The van der Waals surface area contributed by atoms with Crippen LogP contribution in [0.3, 0.4) is 0 Å². The molecule has 1 atom stereocenters. The lowest BCUT2D eigenvalue weighted by molar-refractivity contribution is -0.0203. The van der Waals surface area contributed by atoms with Crippen molar-refractivity contribution in [1.82, 2.24) is 0 Å². The predicted octanol–water partition coefficient (Wildman–Crippen LogP) is 0.315. The molecule has 0 amide bonds. The molecule has 0 aliphatic heterocycles. The highest BCUT2D eigenvalue weighted by Crippen LogP contribution is 2.22. The van der Waals surface area contributed by atoms with Gasteiger partial charge in [-0.2, -0.15) is 21.6 Å². The average molecular weight is 409 g/mol. The molecule has 1 N–H and O–H groups in total. The molecule has 0 fully saturated rings. The molecule has 9 nitrogen and oxygen atoms in total. The average Bonchev–Trinajstić information content (AvgIpc) is 2.63. The van der Waals surface area contributed by atoms with Crippen molar-refractivity contribution in [2.24, 2.45) is 0 Å². The summed E-state index contributed by atoms with van der Waals surface area (Å²) in [6, 6.07) is 9.08. The third-order valence-corrected chi connectivity index (χ3v) is 4.06. The molecule has 0 aromatic heterocycles. The zero-order valence-corrected chi connectivity index (χ0v) is 15.5. The van der Waals surface area contributed by atoms with Gasteiger partial charge in [0.1, 0.15) is 6.61 Å². The van der Waals surface area contributed by atoms with Crippen molar-refractivity contribution in [3.05, 3.63) is 59.5 Å². The van der Waals surface area contributed by atoms with Gasteiger partial charge >= 0.3 is 5.71 Å². The standard InChI is InChI=1S/C16H15N3O6S2/c17-19-14-11-15(24-6-8-26(20)21)13(18-12-4-2-1-3-5-12)10-16(14)25-7-9-27(22)23/h1-5,8-11,16,18H,6-7H2. The van der Waals surface area contributed by atoms with Gasteiger partial charge in [-0.05, 0) is 18.2 Å². The molecular formula is C16H15N3O6S2. The van der Waals surface area contributed by atoms with E-state index in [4.69, 9.17) is 9.47 Å². The van der Waals surface area contributed by atoms with Crippen LogP contribution in [0.4, 0.5) is 5.69 Å². The van der Waals surface area contributed by atoms with Crippen LogP contribution in [0.1, 0.15) is 0 Å². The molecule has 11 heteroatoms. The summed E-state index contributed by atoms with van der Waals surface area (Å²) in [4.78, 5) is 3.12. The molecule has 1 aromatic rings. The van der Waals surface area contributed by atoms with Crippen LogP contribution in [0.25, 0.3) is 5.53 Å². The van der Waals surface area contributed by atoms with Gasteiger partial charge in [-0.3, -0.25) is 0 Å². The SMILES string of the molecule is [N-]=[N+]=C1C=C(OCC=S(=O)=O)C(Nc2ccccc2)=CC1OCC=S(=O)=O. The largest absolute Gasteiger partial charge is 0.486 e. The number of anilines is 1. The van der Waals surface area contributed by atoms with E-state index in [2.05, 4.69) is 10.1 Å². The van der Waals surface area contributed by atoms with Crippen LogP contribution in [0.2, 0.25) is 0 Å². The lowest BCUT2D eigenvalue weighted by atomic mass is 10.0. The Morgan fingerprint density at radius 1 is 1.07 bits per heavy atom. The molecule has 0 heterocycles. The maximum atomic E-state index is 10.6. The highest BCUT2D eigenvalue weighted by Gasteiger charge is 2.29. The minimum atomic E-state index is -2.38. The second-order valence-electron chi connectivity index (χ2n) is 5.02. The maximum absolute atomic E-state index is 10.6. The van der Waals surface area contributed by atoms with Gasteiger partial charge in [0.25, 0.3) is 0 Å². The first kappa shape index (κ1) is 20.3. The van der Waals surface area contributed by atoms with E-state index >= 15 is 0 Å². The van der Waals surface area contributed by atoms with Crippen molar-refractivity contribution in [3.63, 3.8) is 0 Å². The van der Waals surface area contributed by atoms with Crippen molar-refractivity contribution in [1.29, 1.82) is 0 Å². The molecule has 0 bridgehead atoms. The van der Waals surface area contributed by atoms with E-state index in [0.29, 0.717) is 5.70 Å². The van der Waals surface area contributed by atoms with Gasteiger partial charge < -0.3 is 20.3 Å². The van der Waals surface area contributed by atoms with Gasteiger partial charge in [0.05, 0.1) is 29.1 Å². The smallest absolute Gasteiger partial charge is 0.328 e. The highest BCUT2D eigenvalue weighted by molar-refractivity contribution is 7.71. The fraction of sp³-hybridized carbons (Fsp3) is 0.188. The second-order valence-corrected chi connectivity index (χ2v) is 6.73. The Morgan fingerprint density at radius 2 is 1.74 bits per heavy atom. The van der Waals surface area contributed by atoms with E-state index in [1.165, 1.54) is 12.2 Å². The highest BCUT2D eigenvalue weighted by atomic mass is 32.2. The van der Waals surface area contributed by atoms with Gasteiger partial charge in [0, 0.05) is 5.69 Å². The molecule has 0 spiro atoms. The van der Waals surface area contributed by atoms with Crippen LogP contribution < -0.4 is 5.32 Å². The Hall–Kier alpha value is -2.98. The summed E-state index contributed by atoms with van der Waals surface area (Å²) in [5.41, 5.74) is 10.4. The summed E-state index contributed by atoms with van der Waals surface area (Å²) in [6.07, 6.45) is 2.06. The first-order valence-electron chi connectivity index (χ1n) is 7.54. The van der Waals surface area contributed by atoms with Gasteiger partial charge in [0.15, 0.2) is 11.9 Å². The first-order valence-corrected chi connectivity index (χ1v) is 9.82. The topological polar surface area (TPSA) is 135 Å². The van der Waals surface area contributed by atoms with Gasteiger partial charge in [-0.25, -0.2) is 0 Å². The fourth-order valence-electron chi connectivity index (χ4n) is 2.11. The van der Waals surface area contributed by atoms with Crippen molar-refractivity contribution in [3.8, 4) is 0 Å². The predicted molar refractivity (Wildman–Crippen MR) is 101 cm³/mol. The van der Waals surface area contributed by atoms with Crippen LogP contribution in [0, 0.1) is 0 Å². The summed E-state index contributed by atoms with van der Waals surface area (Å²) >= 11 is 0. The van der Waals surface area contributed by atoms with E-state index in [0.717, 1.165) is 16.4 Å². The Balaban J connectivity index is 2.30. The first-order chi connectivity index (χ1) is 13.0. The van der Waals surface area contributed by atoms with Crippen LogP contribution >= 0.6 is 0 Å². The monoisotopic (exact) mass is 409 g/mol. The molecule has 1 unspecified atom stereocenters. The number of para-hydroxylation sites is 1. The van der Waals surface area contributed by atoms with Crippen LogP contribution in [-0.2, 0) is 30.1 Å². The van der Waals surface area contributed by atoms with E-state index in [1.807, 2.05) is 18.2 Å². The molecule has 27 heavy (non-hydrogen) atoms. The number of rotatable bonds is 8. The number of ether oxygens (including phenoxy) is 2. The molecular weight excluding hydrogens is 394 g/mol. The van der Waals surface area contributed by atoms with Crippen LogP contribution in [-0.4, -0.2) is 57.4 Å². The van der Waals surface area contributed by atoms with Crippen molar-refractivity contribution >= 4 is 42.7 Å². The van der Waals surface area contributed by atoms with Crippen molar-refractivity contribution in [2.45, 2.75) is 6.10 Å². The maximum Gasteiger partial charge on any atom is 0.328 e. The number of nitrogens with zero attached hydrogens (tertiary/aromatic N) is 2. The molecule has 1 aliphatic carbocycles. The molecule has 0 radical (unpaired) electrons. The molecule has 142 valence electrons. The van der Waals surface area contributed by atoms with E-state index in [1.54, 1.807) is 12.1 Å². The molecule has 1 aliphatic rings. The van der Waals surface area contributed by atoms with Gasteiger partial charge in [0.2, 0.25) is 20.6 Å². The van der Waals surface area contributed by atoms with Gasteiger partial charge in [-0.1, -0.05) is 18.2 Å². The Morgan fingerprint density at radius 3 is 2.37 bits per heavy atom. The van der Waals surface area contributed by atoms with Crippen molar-refractivity contribution < 1.29 is 31.1 Å². The normalized spacial score (nSPS) is 15.7. The van der Waals surface area contributed by atoms with Gasteiger partial charge in [-0.15, -0.1) is 0 Å². The Kier molecular flexibility index (Phi) is 7.71. The summed E-state index contributed by atoms with van der Waals surface area (Å²) in [5, 5.41) is 4.94. The number of nitrogens with one attached hydrogen (secondary N) is 1. The summed E-state index contributed by atoms with van der Waals surface area (Å²) in [6.45, 7) is -0.440. The quantitative estimate of drug-likeness (QED) is 0.371. The third-order valence-electron chi connectivity index (χ3n) is 3.25. The zero-order valence-electron chi connectivity index (χ0n) is 13.8. The number of hydrogen-bond donors (Lipinski definition) is 1. The minimum Gasteiger partial charge on any atom is -0.486 e. The minimum absolute atomic E-state index is 0.0666. The van der Waals surface area contributed by atoms with E-state index in [9.17, 15) is 22.4 Å². The molecule has 1 aromatic carbocycles. The number of benzene rings is 1. The lowest BCUT2D eigenvalue weighted by Crippen LogP contribution is -2.28. The van der Waals surface area contributed by atoms with Crippen LogP contribution in [0.15, 0.2) is 53.9 Å². The summed E-state index contributed by atoms with van der Waals surface area (Å²) < 4.78 is 53.3. The summed E-state index contributed by atoms with van der Waals surface area (Å²) in [7, 11) is -4.76. The lowest BCUT2D eigenvalue weighted by Gasteiger charge is -2.20. The van der Waals surface area contributed by atoms with Crippen LogP contribution in [0.5, 0.6) is 0 Å². The fourth-order valence-corrected chi connectivity index (χ4v) is 2.48. The molecule has 0 saturated carbocycles. The van der Waals surface area contributed by atoms with E-state index in [-0.39, 0.29) is 24.7 Å². The van der Waals surface area contributed by atoms with Crippen molar-refractivity contribution in [2.75, 3.05) is 18.5 Å². The summed E-state index contributed by atoms with van der Waals surface area (Å²) in [5.74, 6) is 0.226. The molecule has 0 saturated heterocycles. The third kappa shape index (κ3) is 6.68. The number of hydrogen-bond acceptors (Lipinski definition) is 7. The Bertz CT molecular complexity index is 1050.